The van der Waals surface area contributed by atoms with Gasteiger partial charge in [-0.25, -0.2) is 8.80 Å². The first kappa shape index (κ1) is 17.3. The zero-order valence-electron chi connectivity index (χ0n) is 11.9. The summed E-state index contributed by atoms with van der Waals surface area (Å²) >= 11 is 13.5. The molecule has 2 heterocycles. The molecule has 0 aliphatic carbocycles. The summed E-state index contributed by atoms with van der Waals surface area (Å²) in [6, 6.07) is 16.5. The van der Waals surface area contributed by atoms with Crippen LogP contribution in [0.3, 0.4) is 0 Å². The summed E-state index contributed by atoms with van der Waals surface area (Å²) in [5, 5.41) is 2.10. The zero-order valence-corrected chi connectivity index (χ0v) is 18.3. The maximum Gasteiger partial charge on any atom is 0.117 e. The van der Waals surface area contributed by atoms with Gasteiger partial charge in [-0.1, -0.05) is 79.6 Å². The normalized spacial score (nSPS) is 20.2. The predicted molar refractivity (Wildman–Crippen MR) is 119 cm³/mol. The number of thioether (sulfide) groups is 2. The van der Waals surface area contributed by atoms with Gasteiger partial charge >= 0.3 is 0 Å². The van der Waals surface area contributed by atoms with Gasteiger partial charge in [0.2, 0.25) is 0 Å². The summed E-state index contributed by atoms with van der Waals surface area (Å²) in [7, 11) is 0. The van der Waals surface area contributed by atoms with Crippen molar-refractivity contribution >= 4 is 89.4 Å². The third-order valence-corrected chi connectivity index (χ3v) is 9.01. The minimum absolute atomic E-state index is 1.05. The number of nitrogens with zero attached hydrogens (tertiary/aromatic N) is 2. The Morgan fingerprint density at radius 2 is 0.958 bits per heavy atom. The predicted octanol–water partition coefficient (Wildman–Crippen LogP) is 7.32. The standard InChI is InChI=1S/C16H8Br2N2S4/c17-11-5-1-9(2-6-11)13-19-23-15(21-13)16-22-14(20-24-16)10-3-7-12(18)8-4-10/h1-8H/b16-15+. The molecule has 0 N–H and O–H groups in total. The number of hydrogen-bond acceptors (Lipinski definition) is 6. The summed E-state index contributed by atoms with van der Waals surface area (Å²) < 4.78 is 13.8. The first-order valence-corrected chi connectivity index (χ1v) is 11.6. The maximum absolute atomic E-state index is 4.61. The molecule has 2 aromatic rings. The Morgan fingerprint density at radius 3 is 1.33 bits per heavy atom. The summed E-state index contributed by atoms with van der Waals surface area (Å²) in [5.74, 6) is 0. The Hall–Kier alpha value is -0.120. The summed E-state index contributed by atoms with van der Waals surface area (Å²) in [6.45, 7) is 0. The van der Waals surface area contributed by atoms with Crippen LogP contribution in [0.15, 0.2) is 74.7 Å². The molecule has 2 aromatic carbocycles. The van der Waals surface area contributed by atoms with Crippen LogP contribution in [0.2, 0.25) is 0 Å². The monoisotopic (exact) mass is 514 g/mol. The lowest BCUT2D eigenvalue weighted by molar-refractivity contribution is 1.62. The molecule has 0 saturated heterocycles. The minimum Gasteiger partial charge on any atom is -0.203 e. The molecular formula is C16H8Br2N2S4. The van der Waals surface area contributed by atoms with Crippen molar-refractivity contribution < 1.29 is 0 Å². The molecular weight excluding hydrogens is 508 g/mol. The van der Waals surface area contributed by atoms with Crippen LogP contribution < -0.4 is 0 Å². The largest absolute Gasteiger partial charge is 0.203 e. The van der Waals surface area contributed by atoms with Crippen molar-refractivity contribution in [2.75, 3.05) is 0 Å². The van der Waals surface area contributed by atoms with Crippen molar-refractivity contribution in [3.05, 3.63) is 77.1 Å². The molecule has 0 amide bonds. The highest BCUT2D eigenvalue weighted by Crippen LogP contribution is 2.52. The van der Waals surface area contributed by atoms with Gasteiger partial charge in [-0.2, -0.15) is 0 Å². The molecule has 0 fully saturated rings. The fourth-order valence-electron chi connectivity index (χ4n) is 1.98. The average molecular weight is 516 g/mol. The second-order valence-electron chi connectivity index (χ2n) is 4.77. The van der Waals surface area contributed by atoms with E-state index in [9.17, 15) is 0 Å². The van der Waals surface area contributed by atoms with Crippen molar-refractivity contribution in [2.24, 2.45) is 8.80 Å². The zero-order chi connectivity index (χ0) is 16.5. The van der Waals surface area contributed by atoms with Gasteiger partial charge < -0.3 is 0 Å². The van der Waals surface area contributed by atoms with Gasteiger partial charge in [0.25, 0.3) is 0 Å². The SMILES string of the molecule is Brc1ccc(C2=NS/C(=C3/SN=C(c4ccc(Br)cc4)S3)S2)cc1. The van der Waals surface area contributed by atoms with Crippen LogP contribution in [0.5, 0.6) is 0 Å². The van der Waals surface area contributed by atoms with Crippen LogP contribution in [0.1, 0.15) is 11.1 Å². The molecule has 0 aromatic heterocycles. The average Bonchev–Trinajstić information content (AvgIpc) is 3.25. The second-order valence-corrected chi connectivity index (χ2v) is 10.7. The van der Waals surface area contributed by atoms with E-state index in [1.54, 1.807) is 47.4 Å². The Kier molecular flexibility index (Phi) is 5.50. The minimum atomic E-state index is 1.05. The van der Waals surface area contributed by atoms with Crippen molar-refractivity contribution in [2.45, 2.75) is 0 Å². The Bertz CT molecular complexity index is 800. The lowest BCUT2D eigenvalue weighted by atomic mass is 10.2. The Morgan fingerprint density at radius 1 is 0.583 bits per heavy atom. The van der Waals surface area contributed by atoms with E-state index in [1.807, 2.05) is 24.3 Å². The van der Waals surface area contributed by atoms with Crippen molar-refractivity contribution in [3.8, 4) is 0 Å². The van der Waals surface area contributed by atoms with Gasteiger partial charge in [-0.3, -0.25) is 0 Å². The number of rotatable bonds is 2. The Labute approximate surface area is 174 Å². The molecule has 2 nitrogen and oxygen atoms in total. The van der Waals surface area contributed by atoms with Gasteiger partial charge in [-0.05, 0) is 24.3 Å². The van der Waals surface area contributed by atoms with Gasteiger partial charge in [0, 0.05) is 44.0 Å². The van der Waals surface area contributed by atoms with Crippen molar-refractivity contribution in [3.63, 3.8) is 0 Å². The highest BCUT2D eigenvalue weighted by atomic mass is 79.9. The smallest absolute Gasteiger partial charge is 0.117 e. The highest BCUT2D eigenvalue weighted by Gasteiger charge is 2.25. The molecule has 0 unspecified atom stereocenters. The van der Waals surface area contributed by atoms with Crippen LogP contribution in [0, 0.1) is 0 Å². The molecule has 0 radical (unpaired) electrons. The number of benzene rings is 2. The fraction of sp³-hybridized carbons (Fsp3) is 0. The van der Waals surface area contributed by atoms with E-state index < -0.39 is 0 Å². The molecule has 24 heavy (non-hydrogen) atoms. The van der Waals surface area contributed by atoms with Crippen LogP contribution in [0.4, 0.5) is 0 Å². The van der Waals surface area contributed by atoms with Gasteiger partial charge in [0.15, 0.2) is 0 Å². The van der Waals surface area contributed by atoms with E-state index in [2.05, 4.69) is 64.9 Å². The van der Waals surface area contributed by atoms with Gasteiger partial charge in [0.1, 0.15) is 10.1 Å². The molecule has 0 bridgehead atoms. The number of halogens is 2. The lowest BCUT2D eigenvalue weighted by Crippen LogP contribution is -1.91. The lowest BCUT2D eigenvalue weighted by Gasteiger charge is -2.01. The van der Waals surface area contributed by atoms with E-state index in [4.69, 9.17) is 0 Å². The summed E-state index contributed by atoms with van der Waals surface area (Å²) in [6.07, 6.45) is 0. The van der Waals surface area contributed by atoms with E-state index in [1.165, 1.54) is 8.47 Å². The molecule has 0 spiro atoms. The topological polar surface area (TPSA) is 24.7 Å². The third kappa shape index (κ3) is 3.83. The maximum atomic E-state index is 4.61. The molecule has 8 heteroatoms. The van der Waals surface area contributed by atoms with Crippen LogP contribution in [-0.4, -0.2) is 10.1 Å². The highest BCUT2D eigenvalue weighted by molar-refractivity contribution is 9.10. The van der Waals surface area contributed by atoms with E-state index in [0.29, 0.717) is 0 Å². The molecule has 2 aliphatic heterocycles. The second kappa shape index (κ2) is 7.63. The molecule has 2 aliphatic rings. The van der Waals surface area contributed by atoms with Crippen molar-refractivity contribution in [1.82, 2.24) is 0 Å². The first-order chi connectivity index (χ1) is 11.7. The van der Waals surface area contributed by atoms with Crippen LogP contribution in [0.25, 0.3) is 0 Å². The summed E-state index contributed by atoms with van der Waals surface area (Å²) in [5.41, 5.74) is 2.29. The molecule has 4 rings (SSSR count). The van der Waals surface area contributed by atoms with Gasteiger partial charge in [0.05, 0.1) is 8.47 Å². The van der Waals surface area contributed by atoms with E-state index in [0.717, 1.165) is 30.2 Å². The molecule has 0 saturated carbocycles. The summed E-state index contributed by atoms with van der Waals surface area (Å²) in [4.78, 5) is 0. The quantitative estimate of drug-likeness (QED) is 0.391. The van der Waals surface area contributed by atoms with Crippen LogP contribution in [-0.2, 0) is 0 Å². The van der Waals surface area contributed by atoms with E-state index in [-0.39, 0.29) is 0 Å². The third-order valence-electron chi connectivity index (χ3n) is 3.15. The van der Waals surface area contributed by atoms with E-state index >= 15 is 0 Å². The number of hydrogen-bond donors (Lipinski definition) is 0. The Balaban J connectivity index is 1.48. The van der Waals surface area contributed by atoms with Crippen LogP contribution >= 0.6 is 79.3 Å². The van der Waals surface area contributed by atoms with Gasteiger partial charge in [-0.15, -0.1) is 0 Å². The first-order valence-electron chi connectivity index (χ1n) is 6.81. The molecule has 0 atom stereocenters. The fourth-order valence-corrected chi connectivity index (χ4v) is 6.69. The van der Waals surface area contributed by atoms with Crippen molar-refractivity contribution in [1.29, 1.82) is 0 Å². The molecule has 120 valence electrons.